The van der Waals surface area contributed by atoms with Gasteiger partial charge in [0.1, 0.15) is 5.75 Å². The Bertz CT molecular complexity index is 627. The summed E-state index contributed by atoms with van der Waals surface area (Å²) in [7, 11) is 1.54. The summed E-state index contributed by atoms with van der Waals surface area (Å²) in [6.45, 7) is 5.28. The van der Waals surface area contributed by atoms with Gasteiger partial charge in [-0.25, -0.2) is 0 Å². The Kier molecular flexibility index (Phi) is 6.33. The Labute approximate surface area is 130 Å². The highest BCUT2D eigenvalue weighted by Crippen LogP contribution is 2.25. The number of ketones is 1. The number of carbonyl (C=O) groups excluding carboxylic acids is 2. The minimum Gasteiger partial charge on any atom is -0.496 e. The first-order valence-electron chi connectivity index (χ1n) is 6.96. The van der Waals surface area contributed by atoms with E-state index >= 15 is 0 Å². The second-order valence-corrected chi connectivity index (χ2v) is 5.16. The van der Waals surface area contributed by atoms with E-state index in [2.05, 4.69) is 5.32 Å². The number of allylic oxidation sites excluding steroid dienone is 2. The molecular weight excluding hydrogens is 280 g/mol. The molecule has 0 heterocycles. The van der Waals surface area contributed by atoms with Crippen LogP contribution >= 0.6 is 0 Å². The average molecular weight is 300 g/mol. The van der Waals surface area contributed by atoms with Gasteiger partial charge in [-0.05, 0) is 38.5 Å². The van der Waals surface area contributed by atoms with E-state index in [0.717, 1.165) is 5.56 Å². The van der Waals surface area contributed by atoms with Gasteiger partial charge in [0.2, 0.25) is 5.91 Å². The molecule has 1 aromatic rings. The van der Waals surface area contributed by atoms with Crippen molar-refractivity contribution in [1.29, 1.82) is 5.26 Å². The molecule has 0 saturated carbocycles. The zero-order chi connectivity index (χ0) is 16.7. The molecule has 1 aromatic carbocycles. The number of nitrogens with one attached hydrogen (secondary N) is 1. The third kappa shape index (κ3) is 4.45. The van der Waals surface area contributed by atoms with Crippen LogP contribution in [0.3, 0.4) is 0 Å². The van der Waals surface area contributed by atoms with Gasteiger partial charge < -0.3 is 10.1 Å². The Morgan fingerprint density at radius 2 is 1.95 bits per heavy atom. The van der Waals surface area contributed by atoms with Gasteiger partial charge in [0.15, 0.2) is 11.7 Å². The monoisotopic (exact) mass is 300 g/mol. The van der Waals surface area contributed by atoms with Gasteiger partial charge in [-0.15, -0.1) is 0 Å². The molecule has 1 N–H and O–H groups in total. The van der Waals surface area contributed by atoms with Crippen LogP contribution < -0.4 is 10.1 Å². The Morgan fingerprint density at radius 3 is 2.50 bits per heavy atom. The highest BCUT2D eigenvalue weighted by Gasteiger charge is 2.25. The summed E-state index contributed by atoms with van der Waals surface area (Å²) >= 11 is 0. The summed E-state index contributed by atoms with van der Waals surface area (Å²) in [6.07, 6.45) is 1.31. The van der Waals surface area contributed by atoms with Gasteiger partial charge in [0.05, 0.1) is 13.2 Å². The second kappa shape index (κ2) is 7.99. The first-order valence-corrected chi connectivity index (χ1v) is 6.96. The molecule has 0 spiro atoms. The lowest BCUT2D eigenvalue weighted by Crippen LogP contribution is -2.38. The largest absolute Gasteiger partial charge is 0.496 e. The maximum absolute atomic E-state index is 12.2. The number of para-hydroxylation sites is 1. The van der Waals surface area contributed by atoms with E-state index < -0.39 is 17.6 Å². The van der Waals surface area contributed by atoms with Gasteiger partial charge in [0, 0.05) is 11.6 Å². The van der Waals surface area contributed by atoms with E-state index in [-0.39, 0.29) is 6.04 Å². The summed E-state index contributed by atoms with van der Waals surface area (Å²) in [5.74, 6) is -1.83. The summed E-state index contributed by atoms with van der Waals surface area (Å²) < 4.78 is 5.24. The van der Waals surface area contributed by atoms with E-state index in [1.54, 1.807) is 40.0 Å². The smallest absolute Gasteiger partial charge is 0.245 e. The molecule has 0 bridgehead atoms. The lowest BCUT2D eigenvalue weighted by Gasteiger charge is -2.12. The first kappa shape index (κ1) is 17.4. The minimum atomic E-state index is -1.34. The van der Waals surface area contributed by atoms with Crippen molar-refractivity contribution in [1.82, 2.24) is 5.32 Å². The van der Waals surface area contributed by atoms with E-state index in [4.69, 9.17) is 10.00 Å². The summed E-state index contributed by atoms with van der Waals surface area (Å²) in [4.78, 5) is 24.0. The maximum Gasteiger partial charge on any atom is 0.245 e. The fourth-order valence-electron chi connectivity index (χ4n) is 1.96. The molecule has 1 rings (SSSR count). The number of hydrogen-bond donors (Lipinski definition) is 1. The molecule has 0 fully saturated rings. The van der Waals surface area contributed by atoms with Crippen molar-refractivity contribution in [2.24, 2.45) is 5.92 Å². The van der Waals surface area contributed by atoms with Crippen molar-refractivity contribution in [3.05, 3.63) is 35.9 Å². The second-order valence-electron chi connectivity index (χ2n) is 5.16. The van der Waals surface area contributed by atoms with Crippen molar-refractivity contribution in [2.45, 2.75) is 26.8 Å². The van der Waals surface area contributed by atoms with E-state index in [1.165, 1.54) is 6.08 Å². The summed E-state index contributed by atoms with van der Waals surface area (Å²) in [5.41, 5.74) is 1.39. The zero-order valence-corrected chi connectivity index (χ0v) is 13.2. The van der Waals surface area contributed by atoms with Gasteiger partial charge in [-0.3, -0.25) is 9.59 Å². The quantitative estimate of drug-likeness (QED) is 0.646. The molecular formula is C17H20N2O3. The molecule has 116 valence electrons. The fraction of sp³-hybridized carbons (Fsp3) is 0.353. The Hall–Kier alpha value is -2.61. The third-order valence-corrected chi connectivity index (χ3v) is 3.00. The molecule has 0 aromatic heterocycles. The van der Waals surface area contributed by atoms with Crippen molar-refractivity contribution >= 4 is 17.3 Å². The van der Waals surface area contributed by atoms with Crippen LogP contribution in [0.1, 0.15) is 26.3 Å². The lowest BCUT2D eigenvalue weighted by atomic mass is 9.99. The molecule has 0 aliphatic carbocycles. The van der Waals surface area contributed by atoms with Gasteiger partial charge in [-0.2, -0.15) is 5.26 Å². The Balaban J connectivity index is 3.02. The molecule has 1 amide bonds. The average Bonchev–Trinajstić information content (AvgIpc) is 2.46. The number of nitriles is 1. The number of rotatable bonds is 6. The van der Waals surface area contributed by atoms with Crippen LogP contribution in [0, 0.1) is 17.2 Å². The SMILES string of the molecule is COc1ccccc1/C(C)=C/C(=O)[C@@H](C#N)C(=O)NC(C)C. The van der Waals surface area contributed by atoms with Crippen LogP contribution in [-0.4, -0.2) is 24.8 Å². The van der Waals surface area contributed by atoms with Crippen molar-refractivity contribution in [3.63, 3.8) is 0 Å². The summed E-state index contributed by atoms with van der Waals surface area (Å²) in [6, 6.07) is 8.87. The number of nitrogens with zero attached hydrogens (tertiary/aromatic N) is 1. The molecule has 5 heteroatoms. The number of benzene rings is 1. The maximum atomic E-state index is 12.2. The first-order chi connectivity index (χ1) is 10.4. The van der Waals surface area contributed by atoms with Crippen LogP contribution in [0.2, 0.25) is 0 Å². The van der Waals surface area contributed by atoms with Gasteiger partial charge >= 0.3 is 0 Å². The molecule has 0 aliphatic heterocycles. The molecule has 0 aliphatic rings. The molecule has 22 heavy (non-hydrogen) atoms. The normalized spacial score (nSPS) is 12.5. The molecule has 0 saturated heterocycles. The molecule has 0 unspecified atom stereocenters. The summed E-state index contributed by atoms with van der Waals surface area (Å²) in [5, 5.41) is 11.7. The lowest BCUT2D eigenvalue weighted by molar-refractivity contribution is -0.129. The van der Waals surface area contributed by atoms with Gasteiger partial charge in [0.25, 0.3) is 0 Å². The molecule has 1 atom stereocenters. The van der Waals surface area contributed by atoms with E-state index in [9.17, 15) is 9.59 Å². The number of methoxy groups -OCH3 is 1. The molecule has 5 nitrogen and oxygen atoms in total. The standard InChI is InChI=1S/C17H20N2O3/c1-11(2)19-17(21)14(10-18)15(20)9-12(3)13-7-5-6-8-16(13)22-4/h5-9,11,14H,1-4H3,(H,19,21)/b12-9+/t14-/m1/s1. The number of amides is 1. The highest BCUT2D eigenvalue weighted by atomic mass is 16.5. The van der Waals surface area contributed by atoms with E-state index in [0.29, 0.717) is 11.3 Å². The Morgan fingerprint density at radius 1 is 1.32 bits per heavy atom. The van der Waals surface area contributed by atoms with Crippen molar-refractivity contribution < 1.29 is 14.3 Å². The zero-order valence-electron chi connectivity index (χ0n) is 13.2. The number of carbonyl (C=O) groups is 2. The number of hydrogen-bond acceptors (Lipinski definition) is 4. The topological polar surface area (TPSA) is 79.2 Å². The van der Waals surface area contributed by atoms with Crippen molar-refractivity contribution in [2.75, 3.05) is 7.11 Å². The van der Waals surface area contributed by atoms with Gasteiger partial charge in [-0.1, -0.05) is 18.2 Å². The van der Waals surface area contributed by atoms with Crippen molar-refractivity contribution in [3.8, 4) is 11.8 Å². The third-order valence-electron chi connectivity index (χ3n) is 3.00. The van der Waals surface area contributed by atoms with Crippen LogP contribution in [0.5, 0.6) is 5.75 Å². The van der Waals surface area contributed by atoms with Crippen LogP contribution in [0.4, 0.5) is 0 Å². The number of ether oxygens (including phenoxy) is 1. The van der Waals surface area contributed by atoms with Crippen LogP contribution in [-0.2, 0) is 9.59 Å². The van der Waals surface area contributed by atoms with Crippen LogP contribution in [0.25, 0.3) is 5.57 Å². The van der Waals surface area contributed by atoms with E-state index in [1.807, 2.05) is 18.2 Å². The fourth-order valence-corrected chi connectivity index (χ4v) is 1.96. The predicted octanol–water partition coefficient (Wildman–Crippen LogP) is 2.33. The van der Waals surface area contributed by atoms with Crippen LogP contribution in [0.15, 0.2) is 30.3 Å². The highest BCUT2D eigenvalue weighted by molar-refractivity contribution is 6.11. The molecule has 0 radical (unpaired) electrons. The predicted molar refractivity (Wildman–Crippen MR) is 84.0 cm³/mol. The minimum absolute atomic E-state index is 0.129.